The number of anilines is 2. The summed E-state index contributed by atoms with van der Waals surface area (Å²) in [5.74, 6) is 0. The van der Waals surface area contributed by atoms with Gasteiger partial charge < -0.3 is 34.7 Å². The molecule has 1 aliphatic rings. The van der Waals surface area contributed by atoms with Crippen molar-refractivity contribution in [2.45, 2.75) is 74.5 Å². The number of fused-ring (bicyclic) bond motifs is 6. The van der Waals surface area contributed by atoms with Gasteiger partial charge in [0, 0.05) is 56.6 Å². The summed E-state index contributed by atoms with van der Waals surface area (Å²) in [6, 6.07) is 11.7. The molecule has 0 unspecified atom stereocenters. The van der Waals surface area contributed by atoms with E-state index in [1.807, 2.05) is 84.9 Å². The third kappa shape index (κ3) is 8.47. The SMILES string of the molecule is C.C.C=C(C)B1OC(C)(C)C(C)(C)O1.C=C(C)c1cc2c(oc3ncccc32)c(C(=C)C)c1N.CO.Nc1c(Br)cc2c(oc3ncccc32)c1Br. The van der Waals surface area contributed by atoms with Crippen LogP contribution in [0.4, 0.5) is 11.4 Å². The number of benzene rings is 2. The van der Waals surface area contributed by atoms with Crippen molar-refractivity contribution in [3.05, 3.63) is 94.1 Å². The Morgan fingerprint density at radius 3 is 1.62 bits per heavy atom. The van der Waals surface area contributed by atoms with Crippen LogP contribution in [-0.4, -0.2) is 40.5 Å². The van der Waals surface area contributed by atoms with Crippen LogP contribution in [0.15, 0.2) is 91.8 Å². The van der Waals surface area contributed by atoms with E-state index in [0.29, 0.717) is 22.8 Å². The van der Waals surface area contributed by atoms with E-state index in [1.165, 1.54) is 0 Å². The minimum absolute atomic E-state index is 0. The first-order valence-electron chi connectivity index (χ1n) is 15.7. The molecule has 0 amide bonds. The molecule has 0 bridgehead atoms. The van der Waals surface area contributed by atoms with Crippen LogP contribution in [0, 0.1) is 0 Å². The average molecular weight is 838 g/mol. The molecule has 0 spiro atoms. The zero-order valence-corrected chi connectivity index (χ0v) is 32.9. The van der Waals surface area contributed by atoms with Crippen molar-refractivity contribution in [1.29, 1.82) is 0 Å². The van der Waals surface area contributed by atoms with Gasteiger partial charge in [0.15, 0.2) is 5.58 Å². The molecule has 6 aromatic rings. The number of rotatable bonds is 3. The van der Waals surface area contributed by atoms with Gasteiger partial charge in [-0.25, -0.2) is 9.97 Å². The highest BCUT2D eigenvalue weighted by molar-refractivity contribution is 9.11. The van der Waals surface area contributed by atoms with Gasteiger partial charge in [0.25, 0.3) is 0 Å². The fourth-order valence-corrected chi connectivity index (χ4v) is 6.47. The van der Waals surface area contributed by atoms with E-state index in [4.69, 9.17) is 34.7 Å². The Hall–Kier alpha value is -3.94. The van der Waals surface area contributed by atoms with Crippen molar-refractivity contribution in [2.75, 3.05) is 18.6 Å². The smallest absolute Gasteiger partial charge is 0.437 e. The second kappa shape index (κ2) is 17.3. The number of hydrogen-bond acceptors (Lipinski definition) is 9. The number of allylic oxidation sites excluding steroid dienone is 3. The number of aliphatic hydroxyl groups is 1. The van der Waals surface area contributed by atoms with Gasteiger partial charge in [-0.2, -0.15) is 0 Å². The molecular formula is C40H51BBr2N4O5. The van der Waals surface area contributed by atoms with E-state index in [-0.39, 0.29) is 33.2 Å². The van der Waals surface area contributed by atoms with Crippen LogP contribution in [0.25, 0.3) is 55.3 Å². The summed E-state index contributed by atoms with van der Waals surface area (Å²) in [5.41, 5.74) is 20.2. The van der Waals surface area contributed by atoms with Crippen molar-refractivity contribution in [1.82, 2.24) is 9.97 Å². The first-order chi connectivity index (χ1) is 23.4. The maximum atomic E-state index is 7.00. The van der Waals surface area contributed by atoms with Crippen LogP contribution in [0.3, 0.4) is 0 Å². The van der Waals surface area contributed by atoms with Gasteiger partial charge in [-0.15, -0.1) is 6.58 Å². The van der Waals surface area contributed by atoms with Crippen molar-refractivity contribution in [3.8, 4) is 0 Å². The highest BCUT2D eigenvalue weighted by Gasteiger charge is 2.51. The maximum Gasteiger partial charge on any atom is 0.489 e. The Balaban J connectivity index is 0.000000266. The van der Waals surface area contributed by atoms with Crippen LogP contribution in [-0.2, 0) is 9.31 Å². The van der Waals surface area contributed by atoms with E-state index < -0.39 is 0 Å². The molecule has 5 N–H and O–H groups in total. The molecule has 1 fully saturated rings. The first-order valence-corrected chi connectivity index (χ1v) is 17.3. The van der Waals surface area contributed by atoms with E-state index in [9.17, 15) is 0 Å². The Bertz CT molecular complexity index is 2240. The highest BCUT2D eigenvalue weighted by Crippen LogP contribution is 2.41. The predicted octanol–water partition coefficient (Wildman–Crippen LogP) is 11.8. The van der Waals surface area contributed by atoms with Crippen molar-refractivity contribution in [3.63, 3.8) is 0 Å². The Morgan fingerprint density at radius 2 is 1.19 bits per heavy atom. The van der Waals surface area contributed by atoms with Gasteiger partial charge in [-0.1, -0.05) is 33.5 Å². The number of nitrogens with two attached hydrogens (primary N) is 2. The number of nitrogens with zero attached hydrogens (tertiary/aromatic N) is 2. The van der Waals surface area contributed by atoms with Crippen molar-refractivity contribution < 1.29 is 23.2 Å². The quantitative estimate of drug-likeness (QED) is 0.117. The number of aliphatic hydroxyl groups excluding tert-OH is 1. The van der Waals surface area contributed by atoms with Gasteiger partial charge in [0.1, 0.15) is 5.58 Å². The second-order valence-corrected chi connectivity index (χ2v) is 14.6. The van der Waals surface area contributed by atoms with Crippen molar-refractivity contribution >= 4 is 106 Å². The van der Waals surface area contributed by atoms with Crippen LogP contribution in [0.1, 0.15) is 74.4 Å². The lowest BCUT2D eigenvalue weighted by Gasteiger charge is -2.32. The molecule has 0 saturated carbocycles. The molecule has 1 aliphatic heterocycles. The molecule has 12 heteroatoms. The molecule has 0 aliphatic carbocycles. The second-order valence-electron chi connectivity index (χ2n) is 13.0. The molecule has 9 nitrogen and oxygen atoms in total. The summed E-state index contributed by atoms with van der Waals surface area (Å²) in [4.78, 5) is 8.44. The van der Waals surface area contributed by atoms with Crippen LogP contribution in [0.2, 0.25) is 0 Å². The first kappa shape index (κ1) is 44.2. The fourth-order valence-electron chi connectivity index (χ4n) is 5.27. The number of hydrogen-bond donors (Lipinski definition) is 3. The number of aromatic nitrogens is 2. The number of furan rings is 2. The van der Waals surface area contributed by atoms with Crippen LogP contribution >= 0.6 is 31.9 Å². The summed E-state index contributed by atoms with van der Waals surface area (Å²) in [6.45, 7) is 25.8. The van der Waals surface area contributed by atoms with E-state index in [1.54, 1.807) is 12.4 Å². The number of halogens is 2. The summed E-state index contributed by atoms with van der Waals surface area (Å²) in [5, 5.41) is 11.0. The molecule has 52 heavy (non-hydrogen) atoms. The molecule has 0 radical (unpaired) electrons. The molecule has 2 aromatic carbocycles. The largest absolute Gasteiger partial charge is 0.489 e. The van der Waals surface area contributed by atoms with Crippen LogP contribution < -0.4 is 11.5 Å². The molecule has 5 heterocycles. The summed E-state index contributed by atoms with van der Waals surface area (Å²) in [6.07, 6.45) is 3.42. The summed E-state index contributed by atoms with van der Waals surface area (Å²) < 4.78 is 24.6. The Morgan fingerprint density at radius 1 is 0.731 bits per heavy atom. The molecule has 4 aromatic heterocycles. The predicted molar refractivity (Wildman–Crippen MR) is 229 cm³/mol. The molecule has 1 saturated heterocycles. The van der Waals surface area contributed by atoms with E-state index in [2.05, 4.69) is 61.6 Å². The zero-order chi connectivity index (χ0) is 37.3. The van der Waals surface area contributed by atoms with E-state index in [0.717, 1.165) is 76.5 Å². The average Bonchev–Trinajstić information content (AvgIpc) is 3.69. The lowest BCUT2D eigenvalue weighted by Crippen LogP contribution is -2.41. The fraction of sp³-hybridized carbons (Fsp3) is 0.300. The van der Waals surface area contributed by atoms with Gasteiger partial charge in [0.2, 0.25) is 11.4 Å². The molecular weight excluding hydrogens is 787 g/mol. The lowest BCUT2D eigenvalue weighted by molar-refractivity contribution is 0.00578. The topological polar surface area (TPSA) is 143 Å². The zero-order valence-electron chi connectivity index (χ0n) is 29.7. The molecule has 0 atom stereocenters. The molecule has 278 valence electrons. The lowest BCUT2D eigenvalue weighted by atomic mass is 9.81. The standard InChI is InChI=1S/C17H16N2O.C11H6Br2N2O.C9H17BO2.CH4O.2CH4/c1-9(2)12-8-13-11-6-5-7-19-17(11)20-16(13)14(10(3)4)15(12)18;12-7-4-6-5-2-1-3-15-11(5)16-10(6)8(13)9(7)14;1-7(2)10-11-8(3,4)9(5,6)12-10;1-2;;/h5-8H,1,3,18H2,2,4H3;1-4H,14H2;1H2,2-6H3;2H,1H3;2*1H4. The third-order valence-electron chi connectivity index (χ3n) is 8.59. The van der Waals surface area contributed by atoms with Gasteiger partial charge >= 0.3 is 7.12 Å². The van der Waals surface area contributed by atoms with Gasteiger partial charge in [0.05, 0.1) is 27.0 Å². The molecule has 7 rings (SSSR count). The maximum absolute atomic E-state index is 7.00. The Kier molecular flexibility index (Phi) is 14.7. The number of nitrogen functional groups attached to an aromatic ring is 2. The normalized spacial score (nSPS) is 13.9. The summed E-state index contributed by atoms with van der Waals surface area (Å²) in [7, 11) is 0.759. The van der Waals surface area contributed by atoms with Crippen molar-refractivity contribution in [2.24, 2.45) is 0 Å². The van der Waals surface area contributed by atoms with Gasteiger partial charge in [-0.05, 0) is 128 Å². The van der Waals surface area contributed by atoms with Crippen LogP contribution in [0.5, 0.6) is 0 Å². The van der Waals surface area contributed by atoms with E-state index >= 15 is 0 Å². The Labute approximate surface area is 324 Å². The minimum atomic E-state index is -0.241. The highest BCUT2D eigenvalue weighted by atomic mass is 79.9. The minimum Gasteiger partial charge on any atom is -0.437 e. The monoisotopic (exact) mass is 836 g/mol. The number of pyridine rings is 2. The van der Waals surface area contributed by atoms with Gasteiger partial charge in [-0.3, -0.25) is 0 Å². The summed E-state index contributed by atoms with van der Waals surface area (Å²) >= 11 is 6.85. The third-order valence-corrected chi connectivity index (χ3v) is 10.0.